The van der Waals surface area contributed by atoms with Crippen LogP contribution in [0.2, 0.25) is 0 Å². The smallest absolute Gasteiger partial charge is 0.0919 e. The minimum absolute atomic E-state index is 0.528. The Morgan fingerprint density at radius 2 is 2.00 bits per heavy atom. The number of fused-ring (bicyclic) bond motifs is 1. The molecule has 0 aliphatic heterocycles. The van der Waals surface area contributed by atoms with E-state index in [4.69, 9.17) is 0 Å². The number of hydrogen-bond donors (Lipinski definition) is 2. The van der Waals surface area contributed by atoms with Crippen molar-refractivity contribution in [3.05, 3.63) is 36.0 Å². The molecule has 0 amide bonds. The van der Waals surface area contributed by atoms with Gasteiger partial charge in [-0.3, -0.25) is 0 Å². The summed E-state index contributed by atoms with van der Waals surface area (Å²) < 4.78 is 0. The van der Waals surface area contributed by atoms with Crippen LogP contribution in [0.5, 0.6) is 0 Å². The van der Waals surface area contributed by atoms with E-state index >= 15 is 0 Å². The number of hydrogen-bond acceptors (Lipinski definition) is 1. The Bertz CT molecular complexity index is 454. The second-order valence-corrected chi connectivity index (χ2v) is 3.78. The number of para-hydroxylation sites is 1. The molecule has 1 fully saturated rings. The monoisotopic (exact) mass is 173 g/mol. The van der Waals surface area contributed by atoms with E-state index in [1.165, 1.54) is 0 Å². The lowest BCUT2D eigenvalue weighted by Crippen LogP contribution is -2.02. The summed E-state index contributed by atoms with van der Waals surface area (Å²) in [6, 6.07) is 8.09. The van der Waals surface area contributed by atoms with Crippen molar-refractivity contribution in [1.82, 2.24) is 4.98 Å². The standard InChI is InChI=1S/C11H11NO/c13-11(5-6-11)9-7-12-10-4-2-1-3-8(9)10/h1-4,7,12-13H,5-6H2. The average molecular weight is 173 g/mol. The topological polar surface area (TPSA) is 36.0 Å². The lowest BCUT2D eigenvalue weighted by molar-refractivity contribution is 0.153. The van der Waals surface area contributed by atoms with Crippen molar-refractivity contribution in [2.45, 2.75) is 18.4 Å². The highest BCUT2D eigenvalue weighted by Crippen LogP contribution is 2.47. The van der Waals surface area contributed by atoms with Crippen LogP contribution in [0.3, 0.4) is 0 Å². The molecule has 13 heavy (non-hydrogen) atoms. The van der Waals surface area contributed by atoms with E-state index in [2.05, 4.69) is 11.1 Å². The van der Waals surface area contributed by atoms with Crippen molar-refractivity contribution in [2.75, 3.05) is 0 Å². The van der Waals surface area contributed by atoms with Crippen LogP contribution >= 0.6 is 0 Å². The fourth-order valence-corrected chi connectivity index (χ4v) is 1.84. The molecule has 1 heterocycles. The molecule has 0 unspecified atom stereocenters. The number of nitrogens with one attached hydrogen (secondary N) is 1. The SMILES string of the molecule is OC1(c2c[nH]c3ccccc23)CC1. The first-order chi connectivity index (χ1) is 6.30. The minimum atomic E-state index is -0.528. The van der Waals surface area contributed by atoms with Crippen molar-refractivity contribution < 1.29 is 5.11 Å². The molecule has 0 saturated heterocycles. The lowest BCUT2D eigenvalue weighted by atomic mass is 10.1. The van der Waals surface area contributed by atoms with E-state index in [-0.39, 0.29) is 0 Å². The van der Waals surface area contributed by atoms with Crippen molar-refractivity contribution in [3.8, 4) is 0 Å². The van der Waals surface area contributed by atoms with Crippen molar-refractivity contribution in [3.63, 3.8) is 0 Å². The average Bonchev–Trinajstić information content (AvgIpc) is 2.76. The Labute approximate surface area is 76.2 Å². The molecule has 1 saturated carbocycles. The fourth-order valence-electron chi connectivity index (χ4n) is 1.84. The number of aromatic nitrogens is 1. The van der Waals surface area contributed by atoms with Gasteiger partial charge in [-0.2, -0.15) is 0 Å². The van der Waals surface area contributed by atoms with E-state index in [1.54, 1.807) is 0 Å². The second kappa shape index (κ2) is 2.15. The van der Waals surface area contributed by atoms with E-state index < -0.39 is 5.60 Å². The number of H-pyrrole nitrogens is 1. The molecule has 66 valence electrons. The molecule has 0 radical (unpaired) electrons. The molecule has 1 aliphatic carbocycles. The Morgan fingerprint density at radius 1 is 1.23 bits per heavy atom. The summed E-state index contributed by atoms with van der Waals surface area (Å²) in [6.45, 7) is 0. The summed E-state index contributed by atoms with van der Waals surface area (Å²) in [5.74, 6) is 0. The van der Waals surface area contributed by atoms with Crippen molar-refractivity contribution in [1.29, 1.82) is 0 Å². The van der Waals surface area contributed by atoms with Gasteiger partial charge in [0.15, 0.2) is 0 Å². The summed E-state index contributed by atoms with van der Waals surface area (Å²) in [7, 11) is 0. The molecule has 1 aromatic heterocycles. The van der Waals surface area contributed by atoms with Gasteiger partial charge in [0.1, 0.15) is 0 Å². The molecular formula is C11H11NO. The van der Waals surface area contributed by atoms with Crippen LogP contribution in [0.15, 0.2) is 30.5 Å². The van der Waals surface area contributed by atoms with Gasteiger partial charge < -0.3 is 10.1 Å². The highest BCUT2D eigenvalue weighted by Gasteiger charge is 2.43. The summed E-state index contributed by atoms with van der Waals surface area (Å²) in [4.78, 5) is 3.17. The molecular weight excluding hydrogens is 162 g/mol. The van der Waals surface area contributed by atoms with Crippen LogP contribution in [0.4, 0.5) is 0 Å². The fraction of sp³-hybridized carbons (Fsp3) is 0.273. The third-order valence-corrected chi connectivity index (χ3v) is 2.81. The number of benzene rings is 1. The zero-order valence-electron chi connectivity index (χ0n) is 7.25. The number of aliphatic hydroxyl groups is 1. The van der Waals surface area contributed by atoms with Crippen LogP contribution < -0.4 is 0 Å². The van der Waals surface area contributed by atoms with Gasteiger partial charge in [-0.1, -0.05) is 18.2 Å². The molecule has 1 aromatic carbocycles. The summed E-state index contributed by atoms with van der Waals surface area (Å²) >= 11 is 0. The largest absolute Gasteiger partial charge is 0.385 e. The van der Waals surface area contributed by atoms with E-state index in [0.29, 0.717) is 0 Å². The van der Waals surface area contributed by atoms with Crippen LogP contribution in [0, 0.1) is 0 Å². The number of rotatable bonds is 1. The van der Waals surface area contributed by atoms with Crippen LogP contribution in [0.1, 0.15) is 18.4 Å². The minimum Gasteiger partial charge on any atom is -0.385 e. The van der Waals surface area contributed by atoms with Gasteiger partial charge in [0.2, 0.25) is 0 Å². The predicted molar refractivity (Wildman–Crippen MR) is 51.4 cm³/mol. The molecule has 3 rings (SSSR count). The normalized spacial score (nSPS) is 19.2. The first-order valence-electron chi connectivity index (χ1n) is 4.59. The van der Waals surface area contributed by atoms with Gasteiger partial charge in [0.25, 0.3) is 0 Å². The second-order valence-electron chi connectivity index (χ2n) is 3.78. The summed E-state index contributed by atoms with van der Waals surface area (Å²) in [5, 5.41) is 11.1. The molecule has 1 aliphatic rings. The molecule has 2 heteroatoms. The molecule has 0 bridgehead atoms. The first kappa shape index (κ1) is 7.15. The van der Waals surface area contributed by atoms with Gasteiger partial charge in [0, 0.05) is 22.7 Å². The first-order valence-corrected chi connectivity index (χ1v) is 4.59. The van der Waals surface area contributed by atoms with E-state index in [9.17, 15) is 5.11 Å². The maximum absolute atomic E-state index is 9.97. The molecule has 0 spiro atoms. The molecule has 2 aromatic rings. The third kappa shape index (κ3) is 0.923. The van der Waals surface area contributed by atoms with E-state index in [1.807, 2.05) is 24.4 Å². The molecule has 2 N–H and O–H groups in total. The van der Waals surface area contributed by atoms with Gasteiger partial charge in [0.05, 0.1) is 5.60 Å². The van der Waals surface area contributed by atoms with Crippen LogP contribution in [-0.4, -0.2) is 10.1 Å². The van der Waals surface area contributed by atoms with Crippen molar-refractivity contribution in [2.24, 2.45) is 0 Å². The zero-order chi connectivity index (χ0) is 8.89. The highest BCUT2D eigenvalue weighted by molar-refractivity contribution is 5.84. The van der Waals surface area contributed by atoms with Crippen LogP contribution in [-0.2, 0) is 5.60 Å². The summed E-state index contributed by atoms with van der Waals surface area (Å²) in [6.07, 6.45) is 3.72. The van der Waals surface area contributed by atoms with Crippen molar-refractivity contribution >= 4 is 10.9 Å². The summed E-state index contributed by atoms with van der Waals surface area (Å²) in [5.41, 5.74) is 1.64. The Morgan fingerprint density at radius 3 is 2.77 bits per heavy atom. The van der Waals surface area contributed by atoms with Gasteiger partial charge in [-0.25, -0.2) is 0 Å². The van der Waals surface area contributed by atoms with Gasteiger partial charge in [-0.15, -0.1) is 0 Å². The zero-order valence-corrected chi connectivity index (χ0v) is 7.25. The van der Waals surface area contributed by atoms with Gasteiger partial charge in [-0.05, 0) is 18.9 Å². The molecule has 2 nitrogen and oxygen atoms in total. The Hall–Kier alpha value is -1.28. The van der Waals surface area contributed by atoms with Gasteiger partial charge >= 0.3 is 0 Å². The lowest BCUT2D eigenvalue weighted by Gasteiger charge is -2.04. The maximum atomic E-state index is 9.97. The molecule has 0 atom stereocenters. The third-order valence-electron chi connectivity index (χ3n) is 2.81. The maximum Gasteiger partial charge on any atom is 0.0919 e. The Kier molecular flexibility index (Phi) is 1.18. The van der Waals surface area contributed by atoms with Crippen LogP contribution in [0.25, 0.3) is 10.9 Å². The van der Waals surface area contributed by atoms with E-state index in [0.717, 1.165) is 29.3 Å². The quantitative estimate of drug-likeness (QED) is 0.681. The predicted octanol–water partition coefficient (Wildman–Crippen LogP) is 2.15. The Balaban J connectivity index is 2.30. The number of aromatic amines is 1. The highest BCUT2D eigenvalue weighted by atomic mass is 16.3.